The normalized spacial score (nSPS) is 10.3. The van der Waals surface area contributed by atoms with E-state index in [-0.39, 0.29) is 50.9 Å². The first-order valence-corrected chi connectivity index (χ1v) is 47.4. The number of benzene rings is 12. The summed E-state index contributed by atoms with van der Waals surface area (Å²) in [6, 6.07) is 67.0. The first kappa shape index (κ1) is 114. The van der Waals surface area contributed by atoms with Crippen molar-refractivity contribution < 1.29 is 92.5 Å². The van der Waals surface area contributed by atoms with Crippen LogP contribution in [0.3, 0.4) is 0 Å². The highest BCUT2D eigenvalue weighted by Gasteiger charge is 2.24. The van der Waals surface area contributed by atoms with E-state index in [1.54, 1.807) is 48.5 Å². The fourth-order valence-corrected chi connectivity index (χ4v) is 15.2. The van der Waals surface area contributed by atoms with Crippen molar-refractivity contribution in [3.63, 3.8) is 0 Å². The number of ether oxygens (including phenoxy) is 12. The maximum atomic E-state index is 13.5. The van der Waals surface area contributed by atoms with E-state index >= 15 is 0 Å². The minimum atomic E-state index is -0.426. The Labute approximate surface area is 872 Å². The van der Waals surface area contributed by atoms with Crippen LogP contribution >= 0.6 is 123 Å². The average molecular weight is 2200 g/mol. The molecule has 0 amide bonds. The van der Waals surface area contributed by atoms with Crippen molar-refractivity contribution >= 4 is 195 Å². The van der Waals surface area contributed by atoms with Crippen LogP contribution in [-0.4, -0.2) is 105 Å². The average Bonchev–Trinajstić information content (AvgIpc) is 0.851. The predicted molar refractivity (Wildman–Crippen MR) is 584 cm³/mol. The summed E-state index contributed by atoms with van der Waals surface area (Å²) in [4.78, 5) is 0. The highest BCUT2D eigenvalue weighted by molar-refractivity contribution is 14.1. The summed E-state index contributed by atoms with van der Waals surface area (Å²) >= 11 is 41.4. The van der Waals surface area contributed by atoms with Crippen LogP contribution in [0.2, 0.25) is 5.02 Å². The third kappa shape index (κ3) is 35.1. The highest BCUT2D eigenvalue weighted by atomic mass is 127. The molecule has 12 aromatic rings. The number of methoxy groups -OCH3 is 6. The van der Waals surface area contributed by atoms with Gasteiger partial charge < -0.3 is 56.8 Å². The zero-order chi connectivity index (χ0) is 103. The molecular formula is C105H114BrClFIN6O18S6. The molecule has 12 rings (SSSR count). The van der Waals surface area contributed by atoms with Gasteiger partial charge in [-0.3, -0.25) is 31.2 Å². The molecule has 0 spiro atoms. The molecule has 0 saturated carbocycles. The van der Waals surface area contributed by atoms with E-state index in [2.05, 4.69) is 69.4 Å². The van der Waals surface area contributed by atoms with Gasteiger partial charge in [0.1, 0.15) is 80.0 Å². The lowest BCUT2D eigenvalue weighted by Gasteiger charge is -2.20. The monoisotopic (exact) mass is 2200 g/mol. The Morgan fingerprint density at radius 2 is 0.525 bits per heavy atom. The fraction of sp³-hybridized carbons (Fsp3) is 0.238. The number of hydrogen-bond acceptors (Lipinski definition) is 24. The first-order chi connectivity index (χ1) is 66.0. The van der Waals surface area contributed by atoms with Gasteiger partial charge in [-0.25, -0.2) is 4.39 Å². The number of rotatable bonds is 25. The van der Waals surface area contributed by atoms with Gasteiger partial charge >= 0.3 is 0 Å². The van der Waals surface area contributed by atoms with Crippen LogP contribution in [0, 0.1) is 99.4 Å². The molecule has 0 atom stereocenters. The van der Waals surface area contributed by atoms with Gasteiger partial charge in [-0.2, -0.15) is 30.4 Å². The smallest absolute Gasteiger partial charge is 0.288 e. The van der Waals surface area contributed by atoms with Crippen molar-refractivity contribution in [1.82, 2.24) is 0 Å². The number of hydroxylamine groups is 6. The number of anilines is 6. The number of aryl methyl sites for hydroxylation is 13. The predicted octanol–water partition coefficient (Wildman–Crippen LogP) is 27.2. The third-order valence-electron chi connectivity index (χ3n) is 20.5. The number of halogens is 4. The summed E-state index contributed by atoms with van der Waals surface area (Å²) in [5.74, 6) is 4.30. The minimum absolute atomic E-state index is 0.0124. The van der Waals surface area contributed by atoms with E-state index < -0.39 is 5.82 Å². The van der Waals surface area contributed by atoms with Crippen molar-refractivity contribution in [3.8, 4) is 34.5 Å². The first-order valence-electron chi connectivity index (χ1n) is 42.7. The number of thiocarbonyl (C=S) groups is 6. The Bertz CT molecular complexity index is 5580. The Balaban J connectivity index is 0.000000227. The van der Waals surface area contributed by atoms with E-state index in [1.165, 1.54) is 88.7 Å². The van der Waals surface area contributed by atoms with Crippen molar-refractivity contribution in [1.29, 1.82) is 0 Å². The second kappa shape index (κ2) is 56.7. The van der Waals surface area contributed by atoms with Gasteiger partial charge in [0.05, 0.1) is 76.8 Å². The fourth-order valence-electron chi connectivity index (χ4n) is 13.4. The van der Waals surface area contributed by atoms with Gasteiger partial charge in [-0.15, -0.1) is 0 Å². The Morgan fingerprint density at radius 3 is 0.813 bits per heavy atom. The molecule has 12 aromatic carbocycles. The lowest BCUT2D eigenvalue weighted by Crippen LogP contribution is -2.27. The quantitative estimate of drug-likeness (QED) is 0.0177. The van der Waals surface area contributed by atoms with Crippen molar-refractivity contribution in [2.75, 3.05) is 73.0 Å². The van der Waals surface area contributed by atoms with E-state index in [1.807, 2.05) is 223 Å². The molecule has 34 heteroatoms. The van der Waals surface area contributed by atoms with Gasteiger partial charge in [0.15, 0.2) is 0 Å². The molecule has 24 nitrogen and oxygen atoms in total. The van der Waals surface area contributed by atoms with Crippen molar-refractivity contribution in [2.45, 2.75) is 130 Å². The van der Waals surface area contributed by atoms with Gasteiger partial charge in [0.2, 0.25) is 0 Å². The molecule has 736 valence electrons. The Hall–Kier alpha value is -11.5. The highest BCUT2D eigenvalue weighted by Crippen LogP contribution is 2.35. The Kier molecular flexibility index (Phi) is 46.7. The molecule has 6 N–H and O–H groups in total. The molecule has 139 heavy (non-hydrogen) atoms. The topological polar surface area (TPSA) is 252 Å². The maximum Gasteiger partial charge on any atom is 0.288 e. The van der Waals surface area contributed by atoms with Crippen molar-refractivity contribution in [2.24, 2.45) is 0 Å². The molecule has 0 heterocycles. The van der Waals surface area contributed by atoms with Gasteiger partial charge in [-0.05, 0) is 352 Å². The summed E-state index contributed by atoms with van der Waals surface area (Å²) < 4.78 is 80.1. The molecule has 0 radical (unpaired) electrons. The van der Waals surface area contributed by atoms with Gasteiger partial charge in [-0.1, -0.05) is 170 Å². The van der Waals surface area contributed by atoms with Crippen LogP contribution in [0.25, 0.3) is 6.08 Å². The maximum absolute atomic E-state index is 13.5. The number of nitrogens with zero attached hydrogens (tertiary/aromatic N) is 6. The van der Waals surface area contributed by atoms with Crippen LogP contribution in [0.4, 0.5) is 38.5 Å². The van der Waals surface area contributed by atoms with Crippen LogP contribution in [0.5, 0.6) is 34.5 Å². The van der Waals surface area contributed by atoms with E-state index in [0.29, 0.717) is 80.9 Å². The van der Waals surface area contributed by atoms with Crippen LogP contribution in [0.15, 0.2) is 229 Å². The molecule has 0 aliphatic heterocycles. The van der Waals surface area contributed by atoms with Crippen LogP contribution in [-0.2, 0) is 68.1 Å². The zero-order valence-electron chi connectivity index (χ0n) is 80.5. The number of hydrogen-bond donors (Lipinski definition) is 6. The third-order valence-corrected chi connectivity index (χ3v) is 23.9. The summed E-state index contributed by atoms with van der Waals surface area (Å²) in [6.45, 7) is 31.4. The second-order valence-electron chi connectivity index (χ2n) is 31.4. The molecule has 0 unspecified atom stereocenters. The van der Waals surface area contributed by atoms with E-state index in [4.69, 9.17) is 142 Å². The molecular weight excluding hydrogens is 2090 g/mol. The summed E-state index contributed by atoms with van der Waals surface area (Å²) in [5.41, 5.74) is 22.6. The molecule has 0 bridgehead atoms. The van der Waals surface area contributed by atoms with Gasteiger partial charge in [0.25, 0.3) is 31.0 Å². The second-order valence-corrected chi connectivity index (χ2v) is 36.0. The summed E-state index contributed by atoms with van der Waals surface area (Å²) in [7, 11) is 8.41. The zero-order valence-corrected chi connectivity index (χ0v) is 89.9. The Morgan fingerprint density at radius 1 is 0.302 bits per heavy atom. The lowest BCUT2D eigenvalue weighted by molar-refractivity contribution is 0.264. The van der Waals surface area contributed by atoms with E-state index in [9.17, 15) is 35.6 Å². The standard InChI is InChI=1S/C19H21NO3S.C18H21NO3S.C17H18BrNO3S.C17H18ClNO3S.C17H18FNO3S.C17H18INO3S/c1-5-15-7-8-17(20(21)19(24)22-4)16(11-15)12-23-18-9-6-13(2)10-14(18)3;1-12-6-8-17(14(3)9-12)22-11-15-10-13(2)5-7-16(15)19(20)18(23)21-4;4*1-11-4-7-16(12(2)8-11)22-10-13-9-14(18)5-6-15(13)19(20)17(23)21-3/h5-11,21H,1,12H2,2-4H3;5-10,20H,11H2,1-4H3;4*4-9,20H,10H2,1-3H3. The van der Waals surface area contributed by atoms with Crippen molar-refractivity contribution in [3.05, 3.63) is 355 Å². The lowest BCUT2D eigenvalue weighted by atomic mass is 10.1. The molecule has 0 aliphatic carbocycles. The largest absolute Gasteiger partial charge is 0.489 e. The van der Waals surface area contributed by atoms with Crippen LogP contribution in [0.1, 0.15) is 111 Å². The minimum Gasteiger partial charge on any atom is -0.489 e. The molecule has 0 saturated heterocycles. The van der Waals surface area contributed by atoms with E-state index in [0.717, 1.165) is 134 Å². The van der Waals surface area contributed by atoms with Gasteiger partial charge in [0, 0.05) is 46.4 Å². The summed E-state index contributed by atoms with van der Waals surface area (Å²) in [6.07, 6.45) is 1.74. The van der Waals surface area contributed by atoms with Crippen LogP contribution < -0.4 is 58.8 Å². The summed E-state index contributed by atoms with van der Waals surface area (Å²) in [5, 5.41) is 66.0. The SMILES string of the molecule is C=Cc1ccc(N(O)C(=S)OC)c(COc2ccc(C)cc2C)c1.COC(=S)N(O)c1ccc(Br)cc1COc1ccc(C)cc1C.COC(=S)N(O)c1ccc(C)cc1COc1ccc(C)cc1C.COC(=S)N(O)c1ccc(Cl)cc1COc1ccc(C)cc1C.COC(=S)N(O)c1ccc(F)cc1COc1ccc(C)cc1C.COC(=S)N(O)c1ccc(I)cc1COc1ccc(C)cc1C. The molecule has 0 aliphatic rings. The molecule has 0 fully saturated rings. The molecule has 0 aromatic heterocycles.